The fourth-order valence-corrected chi connectivity index (χ4v) is 1.60. The third-order valence-corrected chi connectivity index (χ3v) is 2.59. The Hall–Kier alpha value is -1.51. The van der Waals surface area contributed by atoms with Gasteiger partial charge in [-0.15, -0.1) is 0 Å². The molecule has 17 heavy (non-hydrogen) atoms. The molecule has 1 rings (SSSR count). The summed E-state index contributed by atoms with van der Waals surface area (Å²) in [4.78, 5) is 11.9. The molecule has 0 aliphatic heterocycles. The summed E-state index contributed by atoms with van der Waals surface area (Å²) in [5.74, 6) is 1.28. The van der Waals surface area contributed by atoms with Crippen LogP contribution in [0.4, 0.5) is 0 Å². The van der Waals surface area contributed by atoms with Crippen LogP contribution in [-0.2, 0) is 6.42 Å². The van der Waals surface area contributed by atoms with Crippen molar-refractivity contribution >= 4 is 5.91 Å². The maximum atomic E-state index is 11.9. The smallest absolute Gasteiger partial charge is 0.251 e. The number of carbonyl (C=O) groups is 1. The Morgan fingerprint density at radius 2 is 2.12 bits per heavy atom. The molecule has 0 saturated carbocycles. The van der Waals surface area contributed by atoms with Gasteiger partial charge in [0.05, 0.1) is 7.11 Å². The summed E-state index contributed by atoms with van der Waals surface area (Å²) in [6, 6.07) is 5.55. The van der Waals surface area contributed by atoms with Gasteiger partial charge >= 0.3 is 0 Å². The topological polar surface area (TPSA) is 38.3 Å². The van der Waals surface area contributed by atoms with E-state index in [1.807, 2.05) is 19.1 Å². The van der Waals surface area contributed by atoms with Gasteiger partial charge < -0.3 is 10.1 Å². The molecule has 0 unspecified atom stereocenters. The van der Waals surface area contributed by atoms with Gasteiger partial charge in [-0.25, -0.2) is 0 Å². The number of amides is 1. The Balaban J connectivity index is 2.81. The fraction of sp³-hybridized carbons (Fsp3) is 0.500. The first-order valence-corrected chi connectivity index (χ1v) is 6.03. The van der Waals surface area contributed by atoms with Crippen molar-refractivity contribution in [2.75, 3.05) is 13.7 Å². The first-order chi connectivity index (χ1) is 8.08. The summed E-state index contributed by atoms with van der Waals surface area (Å²) in [6.07, 6.45) is 0.856. The molecule has 0 fully saturated rings. The molecule has 0 radical (unpaired) electrons. The summed E-state index contributed by atoms with van der Waals surface area (Å²) >= 11 is 0. The zero-order valence-corrected chi connectivity index (χ0v) is 11.0. The second kappa shape index (κ2) is 6.28. The summed E-state index contributed by atoms with van der Waals surface area (Å²) in [5.41, 5.74) is 1.76. The molecular weight excluding hydrogens is 214 g/mol. The quantitative estimate of drug-likeness (QED) is 0.852. The van der Waals surface area contributed by atoms with Crippen LogP contribution in [0.15, 0.2) is 18.2 Å². The van der Waals surface area contributed by atoms with Gasteiger partial charge in [-0.2, -0.15) is 0 Å². The Labute approximate surface area is 103 Å². The van der Waals surface area contributed by atoms with Gasteiger partial charge in [0, 0.05) is 12.1 Å². The van der Waals surface area contributed by atoms with Crippen molar-refractivity contribution in [3.63, 3.8) is 0 Å². The number of hydrogen-bond acceptors (Lipinski definition) is 2. The van der Waals surface area contributed by atoms with E-state index in [1.165, 1.54) is 0 Å². The Kier molecular flexibility index (Phi) is 5.01. The highest BCUT2D eigenvalue weighted by Crippen LogP contribution is 2.20. The molecule has 0 aliphatic rings. The van der Waals surface area contributed by atoms with Gasteiger partial charge in [-0.3, -0.25) is 4.79 Å². The maximum absolute atomic E-state index is 11.9. The van der Waals surface area contributed by atoms with Crippen LogP contribution >= 0.6 is 0 Å². The van der Waals surface area contributed by atoms with E-state index in [4.69, 9.17) is 4.74 Å². The minimum Gasteiger partial charge on any atom is -0.496 e. The van der Waals surface area contributed by atoms with Crippen molar-refractivity contribution in [2.45, 2.75) is 27.2 Å². The molecule has 0 atom stereocenters. The fourth-order valence-electron chi connectivity index (χ4n) is 1.60. The number of hydrogen-bond donors (Lipinski definition) is 1. The van der Waals surface area contributed by atoms with Crippen molar-refractivity contribution in [1.29, 1.82) is 0 Å². The highest BCUT2D eigenvalue weighted by molar-refractivity contribution is 5.94. The molecule has 1 aromatic carbocycles. The molecule has 94 valence electrons. The monoisotopic (exact) mass is 235 g/mol. The lowest BCUT2D eigenvalue weighted by Gasteiger charge is -2.10. The van der Waals surface area contributed by atoms with E-state index in [0.29, 0.717) is 18.0 Å². The van der Waals surface area contributed by atoms with Crippen LogP contribution in [0.25, 0.3) is 0 Å². The number of ether oxygens (including phenoxy) is 1. The van der Waals surface area contributed by atoms with Gasteiger partial charge in [0.15, 0.2) is 0 Å². The molecular formula is C14H21NO2. The van der Waals surface area contributed by atoms with Gasteiger partial charge in [0.1, 0.15) is 5.75 Å². The molecule has 1 aromatic rings. The van der Waals surface area contributed by atoms with Crippen LogP contribution in [0.2, 0.25) is 0 Å². The van der Waals surface area contributed by atoms with Crippen molar-refractivity contribution in [3.8, 4) is 5.75 Å². The summed E-state index contributed by atoms with van der Waals surface area (Å²) in [6.45, 7) is 6.90. The molecule has 3 heteroatoms. The summed E-state index contributed by atoms with van der Waals surface area (Å²) in [5, 5.41) is 2.91. The number of nitrogens with one attached hydrogen (secondary N) is 1. The Bertz CT molecular complexity index is 386. The zero-order chi connectivity index (χ0) is 12.8. The Morgan fingerprint density at radius 3 is 2.65 bits per heavy atom. The largest absolute Gasteiger partial charge is 0.496 e. The second-order valence-electron chi connectivity index (χ2n) is 4.48. The minimum absolute atomic E-state index is 0.0175. The maximum Gasteiger partial charge on any atom is 0.251 e. The molecule has 0 aromatic heterocycles. The lowest BCUT2D eigenvalue weighted by molar-refractivity contribution is 0.0949. The molecule has 0 bridgehead atoms. The highest BCUT2D eigenvalue weighted by Gasteiger charge is 2.09. The van der Waals surface area contributed by atoms with E-state index >= 15 is 0 Å². The van der Waals surface area contributed by atoms with Crippen LogP contribution < -0.4 is 10.1 Å². The number of benzene rings is 1. The minimum atomic E-state index is -0.0175. The van der Waals surface area contributed by atoms with Gasteiger partial charge in [-0.05, 0) is 36.1 Å². The molecule has 0 saturated heterocycles. The molecule has 1 N–H and O–H groups in total. The SMILES string of the molecule is CCc1cc(C(=O)NCC(C)C)ccc1OC. The molecule has 3 nitrogen and oxygen atoms in total. The van der Waals surface area contributed by atoms with Gasteiger partial charge in [0.2, 0.25) is 0 Å². The van der Waals surface area contributed by atoms with E-state index in [1.54, 1.807) is 13.2 Å². The summed E-state index contributed by atoms with van der Waals surface area (Å²) < 4.78 is 5.24. The predicted molar refractivity (Wildman–Crippen MR) is 69.5 cm³/mol. The van der Waals surface area contributed by atoms with Crippen molar-refractivity contribution in [2.24, 2.45) is 5.92 Å². The van der Waals surface area contributed by atoms with E-state index in [-0.39, 0.29) is 5.91 Å². The number of methoxy groups -OCH3 is 1. The lowest BCUT2D eigenvalue weighted by atomic mass is 10.1. The molecule has 0 aliphatic carbocycles. The van der Waals surface area contributed by atoms with Crippen molar-refractivity contribution < 1.29 is 9.53 Å². The van der Waals surface area contributed by atoms with Crippen LogP contribution in [0.5, 0.6) is 5.75 Å². The Morgan fingerprint density at radius 1 is 1.41 bits per heavy atom. The number of rotatable bonds is 5. The first kappa shape index (κ1) is 13.6. The van der Waals surface area contributed by atoms with Gasteiger partial charge in [0.25, 0.3) is 5.91 Å². The second-order valence-corrected chi connectivity index (χ2v) is 4.48. The van der Waals surface area contributed by atoms with Crippen LogP contribution in [0.3, 0.4) is 0 Å². The number of aryl methyl sites for hydroxylation is 1. The lowest BCUT2D eigenvalue weighted by Crippen LogP contribution is -2.27. The predicted octanol–water partition coefficient (Wildman–Crippen LogP) is 2.64. The van der Waals surface area contributed by atoms with Crippen molar-refractivity contribution in [1.82, 2.24) is 5.32 Å². The standard InChI is InChI=1S/C14H21NO2/c1-5-11-8-12(6-7-13(11)17-4)14(16)15-9-10(2)3/h6-8,10H,5,9H2,1-4H3,(H,15,16). The third-order valence-electron chi connectivity index (χ3n) is 2.59. The highest BCUT2D eigenvalue weighted by atomic mass is 16.5. The van der Waals surface area contributed by atoms with Crippen LogP contribution in [0, 0.1) is 5.92 Å². The molecule has 1 amide bonds. The zero-order valence-electron chi connectivity index (χ0n) is 11.0. The average Bonchev–Trinajstić information content (AvgIpc) is 2.34. The van der Waals surface area contributed by atoms with E-state index in [2.05, 4.69) is 19.2 Å². The van der Waals surface area contributed by atoms with E-state index < -0.39 is 0 Å². The van der Waals surface area contributed by atoms with Crippen LogP contribution in [-0.4, -0.2) is 19.6 Å². The van der Waals surface area contributed by atoms with E-state index in [0.717, 1.165) is 17.7 Å². The third kappa shape index (κ3) is 3.77. The normalized spacial score (nSPS) is 10.4. The summed E-state index contributed by atoms with van der Waals surface area (Å²) in [7, 11) is 1.65. The first-order valence-electron chi connectivity index (χ1n) is 6.03. The average molecular weight is 235 g/mol. The van der Waals surface area contributed by atoms with E-state index in [9.17, 15) is 4.79 Å². The van der Waals surface area contributed by atoms with Crippen molar-refractivity contribution in [3.05, 3.63) is 29.3 Å². The van der Waals surface area contributed by atoms with Gasteiger partial charge in [-0.1, -0.05) is 20.8 Å². The van der Waals surface area contributed by atoms with Crippen LogP contribution in [0.1, 0.15) is 36.7 Å². The molecule has 0 heterocycles. The molecule has 0 spiro atoms. The number of carbonyl (C=O) groups excluding carboxylic acids is 1.